The van der Waals surface area contributed by atoms with E-state index in [0.717, 1.165) is 40.1 Å². The highest BCUT2D eigenvalue weighted by atomic mass is 79.9. The molecule has 0 radical (unpaired) electrons. The molecule has 3 aromatic rings. The first kappa shape index (κ1) is 20.8. The normalized spacial score (nSPS) is 24.3. The van der Waals surface area contributed by atoms with Crippen molar-refractivity contribution in [2.45, 2.75) is 32.1 Å². The second-order valence-corrected chi connectivity index (χ2v) is 9.72. The number of Topliss-reactive ketones (excluding diaryl/α,β-unsaturated/α-hetero) is 1. The zero-order valence-corrected chi connectivity index (χ0v) is 19.4. The zero-order chi connectivity index (χ0) is 22.6. The van der Waals surface area contributed by atoms with Gasteiger partial charge in [0.05, 0.1) is 17.0 Å². The lowest BCUT2D eigenvalue weighted by molar-refractivity contribution is -0.121. The summed E-state index contributed by atoms with van der Waals surface area (Å²) >= 11 is 3.54. The number of hydrogen-bond donors (Lipinski definition) is 0. The molecule has 6 heteroatoms. The number of nitriles is 1. The molecular weight excluding hydrogens is 469 g/mol. The molecule has 0 amide bonds. The van der Waals surface area contributed by atoms with Gasteiger partial charge in [-0.1, -0.05) is 54.1 Å². The first-order chi connectivity index (χ1) is 15.3. The van der Waals surface area contributed by atoms with Crippen LogP contribution in [0.5, 0.6) is 0 Å². The Morgan fingerprint density at radius 2 is 2.03 bits per heavy atom. The molecule has 0 fully saturated rings. The van der Waals surface area contributed by atoms with Gasteiger partial charge in [-0.2, -0.15) is 5.26 Å². The predicted molar refractivity (Wildman–Crippen MR) is 124 cm³/mol. The zero-order valence-electron chi connectivity index (χ0n) is 17.8. The minimum atomic E-state index is -0.550. The van der Waals surface area contributed by atoms with E-state index in [0.29, 0.717) is 5.69 Å². The molecule has 1 heterocycles. The van der Waals surface area contributed by atoms with E-state index in [1.165, 1.54) is 12.1 Å². The van der Waals surface area contributed by atoms with E-state index >= 15 is 0 Å². The molecule has 1 aromatic heterocycles. The van der Waals surface area contributed by atoms with Crippen LogP contribution in [0.4, 0.5) is 4.39 Å². The van der Waals surface area contributed by atoms with Crippen molar-refractivity contribution >= 4 is 21.7 Å². The van der Waals surface area contributed by atoms with Crippen LogP contribution in [0.3, 0.4) is 0 Å². The smallest absolute Gasteiger partial charge is 0.176 e. The summed E-state index contributed by atoms with van der Waals surface area (Å²) in [5.41, 5.74) is 3.13. The Morgan fingerprint density at radius 1 is 1.25 bits per heavy atom. The van der Waals surface area contributed by atoms with Crippen molar-refractivity contribution in [1.82, 2.24) is 9.55 Å². The monoisotopic (exact) mass is 489 g/mol. The Labute approximate surface area is 194 Å². The third kappa shape index (κ3) is 3.07. The van der Waals surface area contributed by atoms with Crippen LogP contribution in [-0.2, 0) is 16.6 Å². The molecule has 0 saturated carbocycles. The second kappa shape index (κ2) is 7.53. The van der Waals surface area contributed by atoms with Crippen molar-refractivity contribution < 1.29 is 9.18 Å². The van der Waals surface area contributed by atoms with E-state index in [1.807, 2.05) is 47.9 Å². The first-order valence-corrected chi connectivity index (χ1v) is 11.4. The number of ketones is 1. The third-order valence-corrected chi connectivity index (χ3v) is 7.44. The summed E-state index contributed by atoms with van der Waals surface area (Å²) in [4.78, 5) is 17.8. The van der Waals surface area contributed by atoms with Gasteiger partial charge in [0.1, 0.15) is 17.7 Å². The topological polar surface area (TPSA) is 58.7 Å². The standard InChI is InChI=1S/C26H21BrFN3O/c1-15-21-9-10-22-24(26(21,2)13-17(14-29)23(15)32)30-25(16-5-3-6-18(27)11-16)31(22)20-8-4-7-19(28)12-20/h3-8,11-13,15,21H,9-10H2,1-2H3/t15-,21-,26-/m1/s1. The minimum Gasteiger partial charge on any atom is -0.296 e. The van der Waals surface area contributed by atoms with Gasteiger partial charge in [0.15, 0.2) is 5.78 Å². The summed E-state index contributed by atoms with van der Waals surface area (Å²) in [5.74, 6) is 0.135. The molecule has 2 aromatic carbocycles. The van der Waals surface area contributed by atoms with Gasteiger partial charge in [-0.05, 0) is 49.1 Å². The Hall–Kier alpha value is -3.04. The Balaban J connectivity index is 1.82. The van der Waals surface area contributed by atoms with Crippen LogP contribution >= 0.6 is 15.9 Å². The molecule has 0 bridgehead atoms. The van der Waals surface area contributed by atoms with E-state index in [-0.39, 0.29) is 29.0 Å². The van der Waals surface area contributed by atoms with Gasteiger partial charge < -0.3 is 0 Å². The molecule has 3 atom stereocenters. The lowest BCUT2D eigenvalue weighted by Crippen LogP contribution is -2.45. The number of aromatic nitrogens is 2. The quantitative estimate of drug-likeness (QED) is 0.448. The lowest BCUT2D eigenvalue weighted by Gasteiger charge is -2.44. The van der Waals surface area contributed by atoms with E-state index < -0.39 is 5.41 Å². The summed E-state index contributed by atoms with van der Waals surface area (Å²) in [6, 6.07) is 16.5. The number of imidazole rings is 1. The maximum Gasteiger partial charge on any atom is 0.176 e. The molecule has 0 spiro atoms. The number of halogens is 2. The highest BCUT2D eigenvalue weighted by Crippen LogP contribution is 2.50. The maximum atomic E-state index is 14.2. The van der Waals surface area contributed by atoms with Gasteiger partial charge >= 0.3 is 0 Å². The number of benzene rings is 2. The Bertz CT molecular complexity index is 1340. The lowest BCUT2D eigenvalue weighted by atomic mass is 9.58. The summed E-state index contributed by atoms with van der Waals surface area (Å²) in [7, 11) is 0. The van der Waals surface area contributed by atoms with E-state index in [9.17, 15) is 14.4 Å². The fourth-order valence-electron chi connectivity index (χ4n) is 5.43. The molecule has 0 N–H and O–H groups in total. The summed E-state index contributed by atoms with van der Waals surface area (Å²) in [5, 5.41) is 9.60. The molecule has 2 aliphatic carbocycles. The average molecular weight is 490 g/mol. The number of fused-ring (bicyclic) bond motifs is 3. The number of hydrogen-bond acceptors (Lipinski definition) is 3. The molecule has 0 unspecified atom stereocenters. The molecule has 32 heavy (non-hydrogen) atoms. The molecular formula is C26H21BrFN3O. The van der Waals surface area contributed by atoms with Gasteiger partial charge in [-0.25, -0.2) is 9.37 Å². The third-order valence-electron chi connectivity index (χ3n) is 6.94. The summed E-state index contributed by atoms with van der Waals surface area (Å²) in [6.07, 6.45) is 3.33. The SMILES string of the molecule is C[C@H]1C(=O)C(C#N)=C[C@@]2(C)c3nc(-c4cccc(Br)c4)n(-c4cccc(F)c4)c3CC[C@H]12. The van der Waals surface area contributed by atoms with Crippen LogP contribution in [0.15, 0.2) is 64.7 Å². The van der Waals surface area contributed by atoms with Crippen LogP contribution in [0.2, 0.25) is 0 Å². The van der Waals surface area contributed by atoms with Crippen LogP contribution < -0.4 is 0 Å². The van der Waals surface area contributed by atoms with Crippen molar-refractivity contribution in [2.75, 3.05) is 0 Å². The molecule has 0 saturated heterocycles. The summed E-state index contributed by atoms with van der Waals surface area (Å²) < 4.78 is 17.2. The maximum absolute atomic E-state index is 14.2. The van der Waals surface area contributed by atoms with Crippen molar-refractivity contribution in [1.29, 1.82) is 5.26 Å². The van der Waals surface area contributed by atoms with Gasteiger partial charge in [-0.15, -0.1) is 0 Å². The van der Waals surface area contributed by atoms with Crippen molar-refractivity contribution in [3.8, 4) is 23.1 Å². The van der Waals surface area contributed by atoms with Crippen molar-refractivity contribution in [3.63, 3.8) is 0 Å². The van der Waals surface area contributed by atoms with Crippen molar-refractivity contribution in [3.05, 3.63) is 81.9 Å². The van der Waals surface area contributed by atoms with Gasteiger partial charge in [0.2, 0.25) is 0 Å². The van der Waals surface area contributed by atoms with Crippen molar-refractivity contribution in [2.24, 2.45) is 11.8 Å². The highest BCUT2D eigenvalue weighted by molar-refractivity contribution is 9.10. The first-order valence-electron chi connectivity index (χ1n) is 10.6. The fourth-order valence-corrected chi connectivity index (χ4v) is 5.83. The molecule has 0 aliphatic heterocycles. The Kier molecular flexibility index (Phi) is 4.90. The Morgan fingerprint density at radius 3 is 2.75 bits per heavy atom. The van der Waals surface area contributed by atoms with Gasteiger partial charge in [-0.3, -0.25) is 9.36 Å². The number of carbonyl (C=O) groups excluding carboxylic acids is 1. The van der Waals surface area contributed by atoms with Crippen LogP contribution in [-0.4, -0.2) is 15.3 Å². The largest absolute Gasteiger partial charge is 0.296 e. The number of rotatable bonds is 2. The predicted octanol–water partition coefficient (Wildman–Crippen LogP) is 5.93. The molecule has 2 aliphatic rings. The number of nitrogens with zero attached hydrogens (tertiary/aromatic N) is 3. The van der Waals surface area contributed by atoms with Crippen LogP contribution in [0.1, 0.15) is 31.7 Å². The van der Waals surface area contributed by atoms with E-state index in [1.54, 1.807) is 6.07 Å². The highest BCUT2D eigenvalue weighted by Gasteiger charge is 2.50. The number of carbonyl (C=O) groups is 1. The fraction of sp³-hybridized carbons (Fsp3) is 0.269. The summed E-state index contributed by atoms with van der Waals surface area (Å²) in [6.45, 7) is 3.99. The van der Waals surface area contributed by atoms with Gasteiger partial charge in [0.25, 0.3) is 0 Å². The van der Waals surface area contributed by atoms with E-state index in [2.05, 4.69) is 28.9 Å². The average Bonchev–Trinajstić information content (AvgIpc) is 3.17. The molecule has 5 rings (SSSR count). The van der Waals surface area contributed by atoms with Crippen LogP contribution in [0, 0.1) is 29.0 Å². The van der Waals surface area contributed by atoms with Crippen LogP contribution in [0.25, 0.3) is 17.1 Å². The molecule has 160 valence electrons. The van der Waals surface area contributed by atoms with E-state index in [4.69, 9.17) is 4.98 Å². The second-order valence-electron chi connectivity index (χ2n) is 8.81. The minimum absolute atomic E-state index is 0.0609. The molecule has 4 nitrogen and oxygen atoms in total. The van der Waals surface area contributed by atoms with Gasteiger partial charge in [0, 0.05) is 27.1 Å². The number of allylic oxidation sites excluding steroid dienone is 2.